The zero-order valence-corrected chi connectivity index (χ0v) is 10.3. The van der Waals surface area contributed by atoms with E-state index in [2.05, 4.69) is 5.10 Å². The molecular formula is C13H14N4O. The molecular weight excluding hydrogens is 228 g/mol. The molecule has 0 aliphatic heterocycles. The molecule has 0 atom stereocenters. The molecule has 3 rings (SSSR count). The number of hydrogen-bond donors (Lipinski definition) is 1. The Balaban J connectivity index is 2.66. The van der Waals surface area contributed by atoms with Crippen molar-refractivity contribution in [2.24, 2.45) is 0 Å². The van der Waals surface area contributed by atoms with E-state index in [0.29, 0.717) is 17.7 Å². The van der Waals surface area contributed by atoms with Crippen LogP contribution in [0.15, 0.2) is 29.2 Å². The summed E-state index contributed by atoms with van der Waals surface area (Å²) in [6, 6.07) is 5.54. The Kier molecular flexibility index (Phi) is 2.16. The Labute approximate surface area is 103 Å². The van der Waals surface area contributed by atoms with Crippen LogP contribution in [0, 0.1) is 6.92 Å². The molecule has 5 nitrogen and oxygen atoms in total. The number of fused-ring (bicyclic) bond motifs is 3. The minimum atomic E-state index is -0.0216. The first-order valence-corrected chi connectivity index (χ1v) is 5.90. The number of nitrogens with two attached hydrogens (primary N) is 1. The molecule has 0 saturated carbocycles. The molecule has 5 heteroatoms. The lowest BCUT2D eigenvalue weighted by Gasteiger charge is -2.11. The molecule has 0 amide bonds. The summed E-state index contributed by atoms with van der Waals surface area (Å²) in [5.41, 5.74) is 9.91. The van der Waals surface area contributed by atoms with Crippen LogP contribution in [0.3, 0.4) is 0 Å². The maximum Gasteiger partial charge on any atom is 0.277 e. The Morgan fingerprint density at radius 2 is 2.06 bits per heavy atom. The van der Waals surface area contributed by atoms with E-state index in [-0.39, 0.29) is 5.56 Å². The van der Waals surface area contributed by atoms with Gasteiger partial charge >= 0.3 is 0 Å². The van der Waals surface area contributed by atoms with Crippen LogP contribution < -0.4 is 11.3 Å². The Hall–Kier alpha value is -2.30. The Morgan fingerprint density at radius 3 is 2.78 bits per heavy atom. The number of benzene rings is 1. The van der Waals surface area contributed by atoms with E-state index >= 15 is 0 Å². The van der Waals surface area contributed by atoms with E-state index < -0.39 is 0 Å². The Morgan fingerprint density at radius 1 is 1.28 bits per heavy atom. The number of anilines is 1. The maximum atomic E-state index is 12.3. The van der Waals surface area contributed by atoms with Crippen LogP contribution >= 0.6 is 0 Å². The SMILES string of the molecule is CCn1c(=O)c2ccnn2c2cc(N)c(C)cc21. The second-order valence-electron chi connectivity index (χ2n) is 4.38. The lowest BCUT2D eigenvalue weighted by Crippen LogP contribution is -2.22. The number of rotatable bonds is 1. The van der Waals surface area contributed by atoms with Crippen molar-refractivity contribution in [2.45, 2.75) is 20.4 Å². The summed E-state index contributed by atoms with van der Waals surface area (Å²) in [5.74, 6) is 0. The third-order valence-electron chi connectivity index (χ3n) is 3.31. The lowest BCUT2D eigenvalue weighted by molar-refractivity contribution is 0.753. The molecule has 0 fully saturated rings. The van der Waals surface area contributed by atoms with Gasteiger partial charge in [-0.2, -0.15) is 5.10 Å². The van der Waals surface area contributed by atoms with Crippen molar-refractivity contribution in [3.05, 3.63) is 40.3 Å². The van der Waals surface area contributed by atoms with Crippen LogP contribution in [0.2, 0.25) is 0 Å². The molecule has 1 aromatic carbocycles. The van der Waals surface area contributed by atoms with Crippen LogP contribution in [0.4, 0.5) is 5.69 Å². The average molecular weight is 242 g/mol. The van der Waals surface area contributed by atoms with E-state index in [1.54, 1.807) is 21.3 Å². The molecule has 92 valence electrons. The van der Waals surface area contributed by atoms with Crippen LogP contribution in [-0.4, -0.2) is 14.2 Å². The summed E-state index contributed by atoms with van der Waals surface area (Å²) in [5, 5.41) is 4.20. The van der Waals surface area contributed by atoms with Crippen molar-refractivity contribution < 1.29 is 0 Å². The second kappa shape index (κ2) is 3.60. The summed E-state index contributed by atoms with van der Waals surface area (Å²) >= 11 is 0. The van der Waals surface area contributed by atoms with Gasteiger partial charge in [0.15, 0.2) is 0 Å². The average Bonchev–Trinajstić information content (AvgIpc) is 2.82. The Bertz CT molecular complexity index is 813. The zero-order chi connectivity index (χ0) is 12.9. The standard InChI is InChI=1S/C13H14N4O/c1-3-16-11-6-8(2)9(14)7-12(11)17-10(13(16)18)4-5-15-17/h4-7H,3,14H2,1-2H3. The molecule has 0 unspecified atom stereocenters. The minimum Gasteiger partial charge on any atom is -0.398 e. The monoisotopic (exact) mass is 242 g/mol. The molecule has 0 aliphatic carbocycles. The molecule has 2 heterocycles. The third kappa shape index (κ3) is 1.27. The number of nitrogens with zero attached hydrogens (tertiary/aromatic N) is 3. The summed E-state index contributed by atoms with van der Waals surface area (Å²) < 4.78 is 3.40. The van der Waals surface area contributed by atoms with Gasteiger partial charge in [-0.25, -0.2) is 4.52 Å². The molecule has 2 N–H and O–H groups in total. The van der Waals surface area contributed by atoms with Gasteiger partial charge < -0.3 is 10.3 Å². The fourth-order valence-corrected chi connectivity index (χ4v) is 2.30. The van der Waals surface area contributed by atoms with Gasteiger partial charge in [0.1, 0.15) is 5.52 Å². The highest BCUT2D eigenvalue weighted by Gasteiger charge is 2.11. The van der Waals surface area contributed by atoms with Crippen molar-refractivity contribution in [2.75, 3.05) is 5.73 Å². The van der Waals surface area contributed by atoms with Crippen LogP contribution in [-0.2, 0) is 6.54 Å². The summed E-state index contributed by atoms with van der Waals surface area (Å²) in [6.45, 7) is 4.52. The van der Waals surface area contributed by atoms with E-state index in [1.165, 1.54) is 0 Å². The number of aryl methyl sites for hydroxylation is 2. The van der Waals surface area contributed by atoms with Crippen molar-refractivity contribution in [3.8, 4) is 0 Å². The topological polar surface area (TPSA) is 65.3 Å². The molecule has 18 heavy (non-hydrogen) atoms. The van der Waals surface area contributed by atoms with Crippen molar-refractivity contribution in [1.29, 1.82) is 0 Å². The first-order valence-electron chi connectivity index (χ1n) is 5.90. The third-order valence-corrected chi connectivity index (χ3v) is 3.31. The molecule has 0 aliphatic rings. The predicted molar refractivity (Wildman–Crippen MR) is 71.8 cm³/mol. The molecule has 2 aromatic heterocycles. The van der Waals surface area contributed by atoms with Crippen LogP contribution in [0.1, 0.15) is 12.5 Å². The van der Waals surface area contributed by atoms with Gasteiger partial charge in [0.05, 0.1) is 17.2 Å². The van der Waals surface area contributed by atoms with Gasteiger partial charge in [0.2, 0.25) is 0 Å². The van der Waals surface area contributed by atoms with Gasteiger partial charge in [0, 0.05) is 12.2 Å². The molecule has 0 saturated heterocycles. The largest absolute Gasteiger partial charge is 0.398 e. The smallest absolute Gasteiger partial charge is 0.277 e. The van der Waals surface area contributed by atoms with Crippen molar-refractivity contribution >= 4 is 22.2 Å². The van der Waals surface area contributed by atoms with Gasteiger partial charge in [-0.1, -0.05) is 0 Å². The van der Waals surface area contributed by atoms with E-state index in [4.69, 9.17) is 5.73 Å². The molecule has 0 bridgehead atoms. The number of hydrogen-bond acceptors (Lipinski definition) is 3. The van der Waals surface area contributed by atoms with Gasteiger partial charge in [0.25, 0.3) is 5.56 Å². The zero-order valence-electron chi connectivity index (χ0n) is 10.3. The van der Waals surface area contributed by atoms with E-state index in [1.807, 2.05) is 26.0 Å². The molecule has 0 spiro atoms. The lowest BCUT2D eigenvalue weighted by atomic mass is 10.1. The van der Waals surface area contributed by atoms with Gasteiger partial charge in [-0.3, -0.25) is 4.79 Å². The quantitative estimate of drug-likeness (QED) is 0.658. The normalized spacial score (nSPS) is 11.4. The summed E-state index contributed by atoms with van der Waals surface area (Å²) in [7, 11) is 0. The molecule has 3 aromatic rings. The highest BCUT2D eigenvalue weighted by Crippen LogP contribution is 2.21. The highest BCUT2D eigenvalue weighted by atomic mass is 16.1. The fourth-order valence-electron chi connectivity index (χ4n) is 2.30. The predicted octanol–water partition coefficient (Wildman–Crippen LogP) is 1.56. The van der Waals surface area contributed by atoms with Crippen molar-refractivity contribution in [3.63, 3.8) is 0 Å². The number of nitrogen functional groups attached to an aromatic ring is 1. The molecule has 0 radical (unpaired) electrons. The first-order chi connectivity index (χ1) is 8.63. The van der Waals surface area contributed by atoms with Crippen molar-refractivity contribution in [1.82, 2.24) is 14.2 Å². The van der Waals surface area contributed by atoms with E-state index in [9.17, 15) is 4.79 Å². The minimum absolute atomic E-state index is 0.0216. The first kappa shape index (κ1) is 10.8. The van der Waals surface area contributed by atoms with E-state index in [0.717, 1.165) is 16.6 Å². The fraction of sp³-hybridized carbons (Fsp3) is 0.231. The van der Waals surface area contributed by atoms with Crippen LogP contribution in [0.25, 0.3) is 16.6 Å². The van der Waals surface area contributed by atoms with Gasteiger partial charge in [-0.05, 0) is 37.6 Å². The van der Waals surface area contributed by atoms with Crippen LogP contribution in [0.5, 0.6) is 0 Å². The highest BCUT2D eigenvalue weighted by molar-refractivity contribution is 5.83. The second-order valence-corrected chi connectivity index (χ2v) is 4.38. The maximum absolute atomic E-state index is 12.3. The summed E-state index contributed by atoms with van der Waals surface area (Å²) in [6.07, 6.45) is 1.63. The van der Waals surface area contributed by atoms with Gasteiger partial charge in [-0.15, -0.1) is 0 Å². The summed E-state index contributed by atoms with van der Waals surface area (Å²) in [4.78, 5) is 12.3. The number of aromatic nitrogens is 3.